The molecule has 0 aromatic heterocycles. The summed E-state index contributed by atoms with van der Waals surface area (Å²) in [5.41, 5.74) is 1.26. The molecule has 0 aliphatic carbocycles. The number of rotatable bonds is 7. The van der Waals surface area contributed by atoms with Crippen molar-refractivity contribution in [3.05, 3.63) is 11.6 Å². The molecule has 3 N–H and O–H groups in total. The van der Waals surface area contributed by atoms with Crippen LogP contribution in [0.15, 0.2) is 11.6 Å². The maximum atomic E-state index is 11.5. The summed E-state index contributed by atoms with van der Waals surface area (Å²) in [5.74, 6) is -0.103. The minimum Gasteiger partial charge on any atom is -0.356 e. The average Bonchev–Trinajstić information content (AvgIpc) is 2.41. The van der Waals surface area contributed by atoms with Gasteiger partial charge in [-0.15, -0.1) is 0 Å². The summed E-state index contributed by atoms with van der Waals surface area (Å²) < 4.78 is 0. The largest absolute Gasteiger partial charge is 0.356 e. The lowest BCUT2D eigenvalue weighted by Crippen LogP contribution is -2.31. The van der Waals surface area contributed by atoms with Gasteiger partial charge in [0.05, 0.1) is 0 Å². The van der Waals surface area contributed by atoms with Crippen molar-refractivity contribution in [3.8, 4) is 0 Å². The van der Waals surface area contributed by atoms with Crippen LogP contribution in [0.5, 0.6) is 0 Å². The zero-order chi connectivity index (χ0) is 13.2. The monoisotopic (exact) mass is 253 g/mol. The van der Waals surface area contributed by atoms with Crippen LogP contribution in [-0.2, 0) is 9.59 Å². The van der Waals surface area contributed by atoms with Gasteiger partial charge in [-0.25, -0.2) is 0 Å². The number of carbonyl (C=O) groups excluding carboxylic acids is 2. The molecule has 1 aliphatic rings. The van der Waals surface area contributed by atoms with Gasteiger partial charge in [-0.3, -0.25) is 9.59 Å². The van der Waals surface area contributed by atoms with E-state index < -0.39 is 0 Å². The Hall–Kier alpha value is -1.36. The molecular formula is C13H23N3O2. The summed E-state index contributed by atoms with van der Waals surface area (Å²) in [6.07, 6.45) is 4.54. The Kier molecular flexibility index (Phi) is 7.10. The molecule has 0 spiro atoms. The third-order valence-corrected chi connectivity index (χ3v) is 2.82. The maximum absolute atomic E-state index is 11.5. The van der Waals surface area contributed by atoms with Crippen LogP contribution in [0.25, 0.3) is 0 Å². The summed E-state index contributed by atoms with van der Waals surface area (Å²) in [5, 5.41) is 8.82. The summed E-state index contributed by atoms with van der Waals surface area (Å²) in [7, 11) is 0. The average molecular weight is 253 g/mol. The fourth-order valence-electron chi connectivity index (χ4n) is 1.71. The first-order valence-corrected chi connectivity index (χ1v) is 6.64. The molecular weight excluding hydrogens is 230 g/mol. The minimum atomic E-state index is -0.0546. The molecule has 2 amide bonds. The Morgan fingerprint density at radius 2 is 2.00 bits per heavy atom. The molecule has 1 aliphatic heterocycles. The van der Waals surface area contributed by atoms with Crippen LogP contribution in [-0.4, -0.2) is 38.0 Å². The van der Waals surface area contributed by atoms with Gasteiger partial charge in [0.2, 0.25) is 11.8 Å². The molecule has 1 heterocycles. The van der Waals surface area contributed by atoms with E-state index in [0.29, 0.717) is 13.1 Å². The third kappa shape index (κ3) is 6.39. The Bertz CT molecular complexity index is 313. The normalized spacial score (nSPS) is 14.8. The van der Waals surface area contributed by atoms with Crippen molar-refractivity contribution in [2.75, 3.05) is 26.2 Å². The zero-order valence-corrected chi connectivity index (χ0v) is 11.1. The molecule has 0 saturated heterocycles. The molecule has 0 aromatic rings. The summed E-state index contributed by atoms with van der Waals surface area (Å²) in [4.78, 5) is 22.8. The third-order valence-electron chi connectivity index (χ3n) is 2.82. The van der Waals surface area contributed by atoms with Gasteiger partial charge in [0.25, 0.3) is 0 Å². The number of hydrogen-bond acceptors (Lipinski definition) is 3. The molecule has 5 nitrogen and oxygen atoms in total. The van der Waals surface area contributed by atoms with Crippen LogP contribution in [0.3, 0.4) is 0 Å². The van der Waals surface area contributed by atoms with Crippen LogP contribution < -0.4 is 16.0 Å². The van der Waals surface area contributed by atoms with Gasteiger partial charge in [-0.05, 0) is 19.4 Å². The lowest BCUT2D eigenvalue weighted by Gasteiger charge is -2.14. The summed E-state index contributed by atoms with van der Waals surface area (Å²) >= 11 is 0. The Labute approximate surface area is 108 Å². The van der Waals surface area contributed by atoms with E-state index in [1.165, 1.54) is 5.57 Å². The van der Waals surface area contributed by atoms with Crippen molar-refractivity contribution in [1.82, 2.24) is 16.0 Å². The van der Waals surface area contributed by atoms with E-state index in [-0.39, 0.29) is 24.7 Å². The lowest BCUT2D eigenvalue weighted by atomic mass is 10.1. The van der Waals surface area contributed by atoms with Crippen LogP contribution in [0.2, 0.25) is 0 Å². The fraction of sp³-hybridized carbons (Fsp3) is 0.692. The van der Waals surface area contributed by atoms with Gasteiger partial charge in [0.1, 0.15) is 0 Å². The second-order valence-electron chi connectivity index (χ2n) is 4.44. The molecule has 1 rings (SSSR count). The SMILES string of the molecule is CCCNC(=O)CCC(=O)NCC1=CCNCC1. The van der Waals surface area contributed by atoms with Crippen molar-refractivity contribution < 1.29 is 9.59 Å². The van der Waals surface area contributed by atoms with Crippen molar-refractivity contribution in [2.45, 2.75) is 32.6 Å². The van der Waals surface area contributed by atoms with Gasteiger partial charge in [-0.1, -0.05) is 18.6 Å². The minimum absolute atomic E-state index is 0.0481. The molecule has 0 saturated carbocycles. The van der Waals surface area contributed by atoms with E-state index >= 15 is 0 Å². The van der Waals surface area contributed by atoms with Crippen LogP contribution in [0.4, 0.5) is 0 Å². The molecule has 18 heavy (non-hydrogen) atoms. The van der Waals surface area contributed by atoms with Gasteiger partial charge in [0.15, 0.2) is 0 Å². The molecule has 0 radical (unpaired) electrons. The molecule has 5 heteroatoms. The zero-order valence-electron chi connectivity index (χ0n) is 11.1. The first kappa shape index (κ1) is 14.7. The highest BCUT2D eigenvalue weighted by molar-refractivity contribution is 5.83. The molecule has 0 bridgehead atoms. The van der Waals surface area contributed by atoms with Crippen molar-refractivity contribution >= 4 is 11.8 Å². The van der Waals surface area contributed by atoms with Crippen molar-refractivity contribution in [2.24, 2.45) is 0 Å². The predicted octanol–water partition coefficient (Wildman–Crippen LogP) is 0.329. The molecule has 0 aromatic carbocycles. The first-order chi connectivity index (χ1) is 8.72. The first-order valence-electron chi connectivity index (χ1n) is 6.64. The summed E-state index contributed by atoms with van der Waals surface area (Å²) in [6.45, 7) is 5.14. The van der Waals surface area contributed by atoms with E-state index in [9.17, 15) is 9.59 Å². The quantitative estimate of drug-likeness (QED) is 0.573. The van der Waals surface area contributed by atoms with E-state index in [0.717, 1.165) is 25.9 Å². The Morgan fingerprint density at radius 1 is 1.28 bits per heavy atom. The van der Waals surface area contributed by atoms with Crippen molar-refractivity contribution in [1.29, 1.82) is 0 Å². The van der Waals surface area contributed by atoms with Gasteiger partial charge >= 0.3 is 0 Å². The van der Waals surface area contributed by atoms with E-state index in [4.69, 9.17) is 0 Å². The van der Waals surface area contributed by atoms with Gasteiger partial charge < -0.3 is 16.0 Å². The van der Waals surface area contributed by atoms with Crippen LogP contribution in [0, 0.1) is 0 Å². The van der Waals surface area contributed by atoms with Crippen molar-refractivity contribution in [3.63, 3.8) is 0 Å². The molecule has 102 valence electrons. The molecule has 0 unspecified atom stereocenters. The summed E-state index contributed by atoms with van der Waals surface area (Å²) in [6, 6.07) is 0. The maximum Gasteiger partial charge on any atom is 0.220 e. The standard InChI is InChI=1S/C13H23N3O2/c1-2-7-15-12(17)3-4-13(18)16-10-11-5-8-14-9-6-11/h5,14H,2-4,6-10H2,1H3,(H,15,17)(H,16,18). The van der Waals surface area contributed by atoms with E-state index in [2.05, 4.69) is 22.0 Å². The Morgan fingerprint density at radius 3 is 2.61 bits per heavy atom. The topological polar surface area (TPSA) is 70.2 Å². The van der Waals surface area contributed by atoms with Gasteiger partial charge in [0, 0.05) is 32.5 Å². The number of carbonyl (C=O) groups is 2. The fourth-order valence-corrected chi connectivity index (χ4v) is 1.71. The molecule has 0 atom stereocenters. The van der Waals surface area contributed by atoms with Crippen LogP contribution >= 0.6 is 0 Å². The number of amides is 2. The second-order valence-corrected chi connectivity index (χ2v) is 4.44. The van der Waals surface area contributed by atoms with E-state index in [1.54, 1.807) is 0 Å². The van der Waals surface area contributed by atoms with E-state index in [1.807, 2.05) is 6.92 Å². The highest BCUT2D eigenvalue weighted by Crippen LogP contribution is 2.02. The number of nitrogens with one attached hydrogen (secondary N) is 3. The predicted molar refractivity (Wildman–Crippen MR) is 71.1 cm³/mol. The smallest absolute Gasteiger partial charge is 0.220 e. The lowest BCUT2D eigenvalue weighted by molar-refractivity contribution is -0.126. The van der Waals surface area contributed by atoms with Gasteiger partial charge in [-0.2, -0.15) is 0 Å². The van der Waals surface area contributed by atoms with Crippen LogP contribution in [0.1, 0.15) is 32.6 Å². The number of hydrogen-bond donors (Lipinski definition) is 3. The highest BCUT2D eigenvalue weighted by atomic mass is 16.2. The second kappa shape index (κ2) is 8.69. The molecule has 0 fully saturated rings. The highest BCUT2D eigenvalue weighted by Gasteiger charge is 2.08. The Balaban J connectivity index is 2.10.